The zero-order chi connectivity index (χ0) is 15.3. The molecule has 0 spiro atoms. The number of nitrogens with zero attached hydrogens (tertiary/aromatic N) is 1. The smallest absolute Gasteiger partial charge is 0.326 e. The number of hydrogen-bond donors (Lipinski definition) is 2. The maximum Gasteiger partial charge on any atom is 0.326 e. The van der Waals surface area contributed by atoms with Crippen LogP contribution in [-0.2, 0) is 19.6 Å². The minimum atomic E-state index is -3.78. The predicted octanol–water partition coefficient (Wildman–Crippen LogP) is -0.104. The predicted molar refractivity (Wildman–Crippen MR) is 71.5 cm³/mol. The minimum absolute atomic E-state index is 0.0433. The van der Waals surface area contributed by atoms with Crippen LogP contribution in [0.4, 0.5) is 0 Å². The highest BCUT2D eigenvalue weighted by atomic mass is 32.2. The molecule has 0 aromatic heterocycles. The Morgan fingerprint density at radius 1 is 1.30 bits per heavy atom. The van der Waals surface area contributed by atoms with Gasteiger partial charge in [-0.05, 0) is 19.1 Å². The summed E-state index contributed by atoms with van der Waals surface area (Å²) in [5, 5.41) is 8.77. The first kappa shape index (κ1) is 16.1. The van der Waals surface area contributed by atoms with Crippen molar-refractivity contribution in [1.82, 2.24) is 9.62 Å². The lowest BCUT2D eigenvalue weighted by Gasteiger charge is -2.21. The van der Waals surface area contributed by atoms with Crippen LogP contribution in [0.5, 0.6) is 0 Å². The Morgan fingerprint density at radius 2 is 1.85 bits per heavy atom. The number of sulfonamides is 1. The first-order valence-corrected chi connectivity index (χ1v) is 7.27. The quantitative estimate of drug-likeness (QED) is 0.763. The average molecular weight is 300 g/mol. The molecule has 7 nitrogen and oxygen atoms in total. The summed E-state index contributed by atoms with van der Waals surface area (Å²) < 4.78 is 25.9. The van der Waals surface area contributed by atoms with Crippen molar-refractivity contribution in [3.63, 3.8) is 0 Å². The van der Waals surface area contributed by atoms with Crippen LogP contribution in [0, 0.1) is 0 Å². The van der Waals surface area contributed by atoms with Crippen molar-refractivity contribution in [1.29, 1.82) is 0 Å². The summed E-state index contributed by atoms with van der Waals surface area (Å²) in [4.78, 5) is 23.4. The lowest BCUT2D eigenvalue weighted by molar-refractivity contribution is -0.147. The van der Waals surface area contributed by atoms with E-state index in [0.29, 0.717) is 0 Å². The third kappa shape index (κ3) is 4.04. The first-order valence-electron chi connectivity index (χ1n) is 5.79. The second kappa shape index (κ2) is 6.49. The largest absolute Gasteiger partial charge is 0.480 e. The Kier molecular flexibility index (Phi) is 5.23. The summed E-state index contributed by atoms with van der Waals surface area (Å²) in [5.74, 6) is -1.79. The van der Waals surface area contributed by atoms with Gasteiger partial charge in [0.15, 0.2) is 0 Å². The van der Waals surface area contributed by atoms with Gasteiger partial charge >= 0.3 is 5.97 Å². The number of amides is 1. The average Bonchev–Trinajstić information content (AvgIpc) is 2.44. The number of nitrogens with one attached hydrogen (secondary N) is 1. The van der Waals surface area contributed by atoms with Crippen molar-refractivity contribution < 1.29 is 23.1 Å². The van der Waals surface area contributed by atoms with Crippen LogP contribution in [-0.4, -0.2) is 49.9 Å². The molecule has 8 heteroatoms. The van der Waals surface area contributed by atoms with Crippen molar-refractivity contribution in [3.8, 4) is 0 Å². The Bertz CT molecular complexity index is 585. The van der Waals surface area contributed by atoms with Crippen molar-refractivity contribution >= 4 is 21.9 Å². The third-order valence-corrected chi connectivity index (χ3v) is 4.22. The third-order valence-electron chi connectivity index (χ3n) is 2.80. The Morgan fingerprint density at radius 3 is 2.35 bits per heavy atom. The van der Waals surface area contributed by atoms with E-state index in [-0.39, 0.29) is 4.90 Å². The fourth-order valence-corrected chi connectivity index (χ4v) is 2.34. The maximum absolute atomic E-state index is 11.9. The first-order chi connectivity index (χ1) is 9.25. The summed E-state index contributed by atoms with van der Waals surface area (Å²) in [6, 6.07) is 6.58. The SMILES string of the molecule is CC(C(=O)O)N(C)C(=O)CNS(=O)(=O)c1ccccc1. The summed E-state index contributed by atoms with van der Waals surface area (Å²) in [7, 11) is -2.48. The molecule has 0 fully saturated rings. The standard InChI is InChI=1S/C12H16N2O5S/c1-9(12(16)17)14(2)11(15)8-13-20(18,19)10-6-4-3-5-7-10/h3-7,9,13H,8H2,1-2H3,(H,16,17). The normalized spacial score (nSPS) is 12.7. The maximum atomic E-state index is 11.9. The van der Waals surface area contributed by atoms with Gasteiger partial charge in [-0.1, -0.05) is 18.2 Å². The molecule has 0 saturated carbocycles. The molecule has 0 bridgehead atoms. The number of hydrogen-bond acceptors (Lipinski definition) is 4. The molecule has 0 saturated heterocycles. The molecule has 110 valence electrons. The molecule has 1 aromatic rings. The molecular formula is C12H16N2O5S. The zero-order valence-corrected chi connectivity index (χ0v) is 11.9. The molecule has 0 heterocycles. The summed E-state index contributed by atoms with van der Waals surface area (Å²) in [5.41, 5.74) is 0. The summed E-state index contributed by atoms with van der Waals surface area (Å²) >= 11 is 0. The Balaban J connectivity index is 2.68. The fourth-order valence-electron chi connectivity index (χ4n) is 1.35. The van der Waals surface area contributed by atoms with Crippen molar-refractivity contribution in [3.05, 3.63) is 30.3 Å². The molecular weight excluding hydrogens is 284 g/mol. The van der Waals surface area contributed by atoms with Crippen LogP contribution >= 0.6 is 0 Å². The number of rotatable bonds is 6. The Labute approximate surface area is 117 Å². The second-order valence-corrected chi connectivity index (χ2v) is 5.92. The van der Waals surface area contributed by atoms with E-state index in [0.717, 1.165) is 4.90 Å². The van der Waals surface area contributed by atoms with Gasteiger partial charge in [-0.15, -0.1) is 0 Å². The topological polar surface area (TPSA) is 104 Å². The minimum Gasteiger partial charge on any atom is -0.480 e. The van der Waals surface area contributed by atoms with Crippen LogP contribution in [0.3, 0.4) is 0 Å². The van der Waals surface area contributed by atoms with Gasteiger partial charge in [0.05, 0.1) is 11.4 Å². The lowest BCUT2D eigenvalue weighted by atomic mass is 10.3. The molecule has 20 heavy (non-hydrogen) atoms. The van der Waals surface area contributed by atoms with Gasteiger partial charge in [-0.3, -0.25) is 4.79 Å². The number of aliphatic carboxylic acids is 1. The highest BCUT2D eigenvalue weighted by Gasteiger charge is 2.23. The molecule has 2 N–H and O–H groups in total. The highest BCUT2D eigenvalue weighted by molar-refractivity contribution is 7.89. The van der Waals surface area contributed by atoms with Gasteiger partial charge in [0.25, 0.3) is 0 Å². The molecule has 0 aliphatic heterocycles. The van der Waals surface area contributed by atoms with E-state index in [1.807, 2.05) is 0 Å². The number of carboxylic acids is 1. The monoisotopic (exact) mass is 300 g/mol. The summed E-state index contributed by atoms with van der Waals surface area (Å²) in [6.45, 7) is 0.845. The van der Waals surface area contributed by atoms with E-state index in [1.54, 1.807) is 18.2 Å². The summed E-state index contributed by atoms with van der Waals surface area (Å²) in [6.07, 6.45) is 0. The van der Waals surface area contributed by atoms with Crippen LogP contribution in [0.25, 0.3) is 0 Å². The van der Waals surface area contributed by atoms with Gasteiger partial charge in [0.1, 0.15) is 6.04 Å². The van der Waals surface area contributed by atoms with E-state index in [2.05, 4.69) is 4.72 Å². The molecule has 0 aliphatic rings. The zero-order valence-electron chi connectivity index (χ0n) is 11.1. The van der Waals surface area contributed by atoms with Crippen molar-refractivity contribution in [2.75, 3.05) is 13.6 Å². The van der Waals surface area contributed by atoms with Crippen molar-refractivity contribution in [2.24, 2.45) is 0 Å². The number of likely N-dealkylation sites (N-methyl/N-ethyl adjacent to an activating group) is 1. The van der Waals surface area contributed by atoms with E-state index in [1.165, 1.54) is 26.1 Å². The second-order valence-electron chi connectivity index (χ2n) is 4.16. The van der Waals surface area contributed by atoms with Gasteiger partial charge < -0.3 is 10.0 Å². The lowest BCUT2D eigenvalue weighted by Crippen LogP contribution is -2.45. The fraction of sp³-hybridized carbons (Fsp3) is 0.333. The van der Waals surface area contributed by atoms with E-state index < -0.39 is 34.5 Å². The van der Waals surface area contributed by atoms with Gasteiger partial charge in [0.2, 0.25) is 15.9 Å². The number of carbonyl (C=O) groups excluding carboxylic acids is 1. The van der Waals surface area contributed by atoms with E-state index >= 15 is 0 Å². The Hall–Kier alpha value is -1.93. The van der Waals surface area contributed by atoms with Gasteiger partial charge in [0, 0.05) is 7.05 Å². The number of carbonyl (C=O) groups is 2. The molecule has 1 aromatic carbocycles. The molecule has 0 aliphatic carbocycles. The van der Waals surface area contributed by atoms with Crippen LogP contribution < -0.4 is 4.72 Å². The van der Waals surface area contributed by atoms with Crippen LogP contribution in [0.1, 0.15) is 6.92 Å². The highest BCUT2D eigenvalue weighted by Crippen LogP contribution is 2.06. The number of benzene rings is 1. The van der Waals surface area contributed by atoms with Crippen LogP contribution in [0.2, 0.25) is 0 Å². The van der Waals surface area contributed by atoms with Gasteiger partial charge in [-0.2, -0.15) is 0 Å². The number of carboxylic acid groups (broad SMARTS) is 1. The van der Waals surface area contributed by atoms with Gasteiger partial charge in [-0.25, -0.2) is 17.9 Å². The van der Waals surface area contributed by atoms with E-state index in [4.69, 9.17) is 5.11 Å². The molecule has 1 amide bonds. The van der Waals surface area contributed by atoms with Crippen molar-refractivity contribution in [2.45, 2.75) is 17.9 Å². The van der Waals surface area contributed by atoms with Crippen LogP contribution in [0.15, 0.2) is 35.2 Å². The molecule has 1 atom stereocenters. The molecule has 0 radical (unpaired) electrons. The van der Waals surface area contributed by atoms with E-state index in [9.17, 15) is 18.0 Å². The molecule has 1 rings (SSSR count). The molecule has 1 unspecified atom stereocenters.